The summed E-state index contributed by atoms with van der Waals surface area (Å²) in [6.45, 7) is 10.3. The molecule has 0 heteroatoms. The smallest absolute Gasteiger partial charge is 0.0177 e. The Morgan fingerprint density at radius 1 is 1.36 bits per heavy atom. The molecule has 0 saturated heterocycles. The Labute approximate surface area is 71.0 Å². The summed E-state index contributed by atoms with van der Waals surface area (Å²) in [5, 5.41) is 0. The minimum Gasteiger partial charge on any atom is -0.103 e. The second-order valence-electron chi connectivity index (χ2n) is 3.65. The predicted molar refractivity (Wildman–Crippen MR) is 52.6 cm³/mol. The Balaban J connectivity index is 3.45. The van der Waals surface area contributed by atoms with Crippen LogP contribution in [0.5, 0.6) is 0 Å². The third kappa shape index (κ3) is 5.90. The van der Waals surface area contributed by atoms with Crippen molar-refractivity contribution >= 4 is 0 Å². The molecule has 0 saturated carbocycles. The second kappa shape index (κ2) is 5.17. The maximum Gasteiger partial charge on any atom is -0.0177 e. The van der Waals surface area contributed by atoms with E-state index in [0.717, 1.165) is 0 Å². The van der Waals surface area contributed by atoms with Crippen molar-refractivity contribution in [3.63, 3.8) is 0 Å². The number of hydrogen-bond donors (Lipinski definition) is 0. The Kier molecular flexibility index (Phi) is 4.93. The van der Waals surface area contributed by atoms with E-state index in [1.165, 1.54) is 19.3 Å². The van der Waals surface area contributed by atoms with E-state index in [-0.39, 0.29) is 0 Å². The molecule has 0 fully saturated rings. The van der Waals surface area contributed by atoms with Crippen molar-refractivity contribution in [1.82, 2.24) is 0 Å². The summed E-state index contributed by atoms with van der Waals surface area (Å²) in [6, 6.07) is 0. The van der Waals surface area contributed by atoms with Crippen molar-refractivity contribution in [3.8, 4) is 0 Å². The van der Waals surface area contributed by atoms with Crippen LogP contribution < -0.4 is 0 Å². The Morgan fingerprint density at radius 3 is 2.45 bits per heavy atom. The molecule has 0 aromatic heterocycles. The second-order valence-corrected chi connectivity index (χ2v) is 3.65. The van der Waals surface area contributed by atoms with Crippen molar-refractivity contribution in [1.29, 1.82) is 0 Å². The first-order valence-electron chi connectivity index (χ1n) is 4.37. The van der Waals surface area contributed by atoms with Gasteiger partial charge in [0.15, 0.2) is 0 Å². The van der Waals surface area contributed by atoms with E-state index >= 15 is 0 Å². The lowest BCUT2D eigenvalue weighted by Gasteiger charge is -2.18. The van der Waals surface area contributed by atoms with E-state index < -0.39 is 0 Å². The SMILES string of the molecule is C=CC(C)(C)CCCC=CC. The molecule has 0 spiro atoms. The first-order valence-corrected chi connectivity index (χ1v) is 4.37. The molecular formula is C11H20. The number of hydrogen-bond acceptors (Lipinski definition) is 0. The third-order valence-corrected chi connectivity index (χ3v) is 1.98. The molecule has 0 aliphatic carbocycles. The molecule has 0 rings (SSSR count). The molecule has 0 nitrogen and oxygen atoms in total. The molecule has 11 heavy (non-hydrogen) atoms. The van der Waals surface area contributed by atoms with Gasteiger partial charge in [0.1, 0.15) is 0 Å². The molecule has 0 amide bonds. The van der Waals surface area contributed by atoms with Gasteiger partial charge in [-0.05, 0) is 31.6 Å². The molecule has 0 aromatic carbocycles. The van der Waals surface area contributed by atoms with Crippen LogP contribution in [0.4, 0.5) is 0 Å². The molecule has 0 aromatic rings. The normalized spacial score (nSPS) is 12.3. The Hall–Kier alpha value is -0.520. The van der Waals surface area contributed by atoms with Gasteiger partial charge in [0.25, 0.3) is 0 Å². The van der Waals surface area contributed by atoms with Crippen molar-refractivity contribution in [3.05, 3.63) is 24.8 Å². The van der Waals surface area contributed by atoms with Gasteiger partial charge in [-0.3, -0.25) is 0 Å². The zero-order chi connectivity index (χ0) is 8.74. The Bertz CT molecular complexity index is 129. The molecule has 0 unspecified atom stereocenters. The molecule has 0 aliphatic heterocycles. The van der Waals surface area contributed by atoms with E-state index in [1.807, 2.05) is 6.08 Å². The standard InChI is InChI=1S/C11H20/c1-5-7-8-9-10-11(3,4)6-2/h5-7H,2,8-10H2,1,3-4H3. The van der Waals surface area contributed by atoms with Gasteiger partial charge in [-0.25, -0.2) is 0 Å². The highest BCUT2D eigenvalue weighted by atomic mass is 14.2. The lowest BCUT2D eigenvalue weighted by Crippen LogP contribution is -2.05. The van der Waals surface area contributed by atoms with Crippen LogP contribution in [0.2, 0.25) is 0 Å². The van der Waals surface area contributed by atoms with Gasteiger partial charge < -0.3 is 0 Å². The zero-order valence-corrected chi connectivity index (χ0v) is 8.06. The monoisotopic (exact) mass is 152 g/mol. The minimum absolute atomic E-state index is 0.321. The minimum atomic E-state index is 0.321. The van der Waals surface area contributed by atoms with Crippen LogP contribution in [-0.2, 0) is 0 Å². The average molecular weight is 152 g/mol. The highest BCUT2D eigenvalue weighted by Gasteiger charge is 2.10. The summed E-state index contributed by atoms with van der Waals surface area (Å²) >= 11 is 0. The lowest BCUT2D eigenvalue weighted by molar-refractivity contribution is 0.424. The highest BCUT2D eigenvalue weighted by Crippen LogP contribution is 2.23. The van der Waals surface area contributed by atoms with Gasteiger partial charge in [-0.1, -0.05) is 32.1 Å². The summed E-state index contributed by atoms with van der Waals surface area (Å²) in [7, 11) is 0. The van der Waals surface area contributed by atoms with Crippen LogP contribution in [-0.4, -0.2) is 0 Å². The van der Waals surface area contributed by atoms with Gasteiger partial charge in [-0.2, -0.15) is 0 Å². The van der Waals surface area contributed by atoms with Gasteiger partial charge in [-0.15, -0.1) is 6.58 Å². The predicted octanol–water partition coefficient (Wildman–Crippen LogP) is 3.95. The summed E-state index contributed by atoms with van der Waals surface area (Å²) < 4.78 is 0. The van der Waals surface area contributed by atoms with Gasteiger partial charge in [0, 0.05) is 0 Å². The maximum atomic E-state index is 3.81. The van der Waals surface area contributed by atoms with Crippen LogP contribution in [0.25, 0.3) is 0 Å². The topological polar surface area (TPSA) is 0 Å². The molecule has 0 heterocycles. The van der Waals surface area contributed by atoms with Crippen molar-refractivity contribution in [2.75, 3.05) is 0 Å². The summed E-state index contributed by atoms with van der Waals surface area (Å²) in [5.74, 6) is 0. The summed E-state index contributed by atoms with van der Waals surface area (Å²) in [5.41, 5.74) is 0.321. The molecule has 0 radical (unpaired) electrons. The number of rotatable bonds is 5. The van der Waals surface area contributed by atoms with Crippen LogP contribution in [0.1, 0.15) is 40.0 Å². The average Bonchev–Trinajstić information content (AvgIpc) is 1.99. The van der Waals surface area contributed by atoms with E-state index in [9.17, 15) is 0 Å². The number of unbranched alkanes of at least 4 members (excludes halogenated alkanes) is 1. The fourth-order valence-electron chi connectivity index (χ4n) is 0.944. The van der Waals surface area contributed by atoms with E-state index in [2.05, 4.69) is 39.5 Å². The summed E-state index contributed by atoms with van der Waals surface area (Å²) in [4.78, 5) is 0. The van der Waals surface area contributed by atoms with Crippen LogP contribution in [0.15, 0.2) is 24.8 Å². The molecule has 0 atom stereocenters. The van der Waals surface area contributed by atoms with Crippen LogP contribution in [0.3, 0.4) is 0 Å². The van der Waals surface area contributed by atoms with Crippen LogP contribution >= 0.6 is 0 Å². The van der Waals surface area contributed by atoms with Crippen molar-refractivity contribution < 1.29 is 0 Å². The third-order valence-electron chi connectivity index (χ3n) is 1.98. The van der Waals surface area contributed by atoms with Gasteiger partial charge in [0.2, 0.25) is 0 Å². The number of allylic oxidation sites excluding steroid dienone is 3. The van der Waals surface area contributed by atoms with E-state index in [1.54, 1.807) is 0 Å². The van der Waals surface area contributed by atoms with Gasteiger partial charge in [0.05, 0.1) is 0 Å². The quantitative estimate of drug-likeness (QED) is 0.413. The molecule has 0 aliphatic rings. The fourth-order valence-corrected chi connectivity index (χ4v) is 0.944. The largest absolute Gasteiger partial charge is 0.103 e. The fraction of sp³-hybridized carbons (Fsp3) is 0.636. The lowest BCUT2D eigenvalue weighted by atomic mass is 9.87. The maximum absolute atomic E-state index is 3.81. The van der Waals surface area contributed by atoms with Crippen LogP contribution in [0, 0.1) is 5.41 Å². The molecular weight excluding hydrogens is 132 g/mol. The van der Waals surface area contributed by atoms with Crippen molar-refractivity contribution in [2.24, 2.45) is 5.41 Å². The molecule has 64 valence electrons. The van der Waals surface area contributed by atoms with Gasteiger partial charge >= 0.3 is 0 Å². The zero-order valence-electron chi connectivity index (χ0n) is 8.06. The van der Waals surface area contributed by atoms with Crippen molar-refractivity contribution in [2.45, 2.75) is 40.0 Å². The molecule has 0 N–H and O–H groups in total. The molecule has 0 bridgehead atoms. The Morgan fingerprint density at radius 2 is 2.00 bits per heavy atom. The van der Waals surface area contributed by atoms with E-state index in [4.69, 9.17) is 0 Å². The summed E-state index contributed by atoms with van der Waals surface area (Å²) in [6.07, 6.45) is 10.1. The van der Waals surface area contributed by atoms with E-state index in [0.29, 0.717) is 5.41 Å². The highest BCUT2D eigenvalue weighted by molar-refractivity contribution is 4.88. The first kappa shape index (κ1) is 10.5. The first-order chi connectivity index (χ1) is 5.12.